The molecule has 1 N–H and O–H groups in total. The van der Waals surface area contributed by atoms with E-state index in [0.29, 0.717) is 23.7 Å². The third-order valence-electron chi connectivity index (χ3n) is 3.51. The summed E-state index contributed by atoms with van der Waals surface area (Å²) in [5.41, 5.74) is 0.670. The first kappa shape index (κ1) is 14.8. The Morgan fingerprint density at radius 2 is 2.20 bits per heavy atom. The fraction of sp³-hybridized carbons (Fsp3) is 0.429. The molecule has 2 atom stereocenters. The summed E-state index contributed by atoms with van der Waals surface area (Å²) in [6, 6.07) is 6.49. The number of benzene rings is 1. The van der Waals surface area contributed by atoms with Gasteiger partial charge in [-0.2, -0.15) is 0 Å². The van der Waals surface area contributed by atoms with E-state index >= 15 is 0 Å². The maximum absolute atomic E-state index is 12.1. The highest BCUT2D eigenvalue weighted by atomic mass is 35.5. The molecule has 0 bridgehead atoms. The normalized spacial score (nSPS) is 22.3. The van der Waals surface area contributed by atoms with Crippen LogP contribution in [0.2, 0.25) is 5.02 Å². The van der Waals surface area contributed by atoms with Crippen LogP contribution in [0.15, 0.2) is 24.3 Å². The van der Waals surface area contributed by atoms with Gasteiger partial charge in [-0.25, -0.2) is 0 Å². The number of carboxylic acids is 1. The van der Waals surface area contributed by atoms with Crippen molar-refractivity contribution in [2.24, 2.45) is 5.92 Å². The van der Waals surface area contributed by atoms with Crippen molar-refractivity contribution in [2.75, 3.05) is 20.3 Å². The molecule has 1 aromatic rings. The van der Waals surface area contributed by atoms with Crippen molar-refractivity contribution in [1.29, 1.82) is 0 Å². The number of hydrogen-bond acceptors (Lipinski definition) is 3. The topological polar surface area (TPSA) is 66.8 Å². The Morgan fingerprint density at radius 3 is 2.80 bits per heavy atom. The van der Waals surface area contributed by atoms with Gasteiger partial charge in [-0.1, -0.05) is 29.8 Å². The number of aliphatic carboxylic acids is 1. The molecule has 1 heterocycles. The third-order valence-corrected chi connectivity index (χ3v) is 3.85. The maximum Gasteiger partial charge on any atom is 0.309 e. The average Bonchev–Trinajstić information content (AvgIpc) is 2.74. The fourth-order valence-corrected chi connectivity index (χ4v) is 2.81. The summed E-state index contributed by atoms with van der Waals surface area (Å²) in [5.74, 6) is -1.94. The van der Waals surface area contributed by atoms with Gasteiger partial charge in [0.1, 0.15) is 0 Å². The molecule has 108 valence electrons. The van der Waals surface area contributed by atoms with E-state index in [4.69, 9.17) is 16.3 Å². The molecule has 20 heavy (non-hydrogen) atoms. The molecule has 0 radical (unpaired) electrons. The van der Waals surface area contributed by atoms with Gasteiger partial charge in [0, 0.05) is 25.1 Å². The van der Waals surface area contributed by atoms with E-state index in [1.165, 1.54) is 0 Å². The average molecular weight is 298 g/mol. The molecule has 0 saturated carbocycles. The molecule has 6 heteroatoms. The van der Waals surface area contributed by atoms with Crippen LogP contribution in [0.3, 0.4) is 0 Å². The number of carbonyl (C=O) groups excluding carboxylic acids is 1. The summed E-state index contributed by atoms with van der Waals surface area (Å²) in [5, 5.41) is 9.82. The number of likely N-dealkylation sites (tertiary alicyclic amines) is 1. The quantitative estimate of drug-likeness (QED) is 0.902. The summed E-state index contributed by atoms with van der Waals surface area (Å²) in [6.45, 7) is 0.716. The van der Waals surface area contributed by atoms with Crippen molar-refractivity contribution in [2.45, 2.75) is 12.5 Å². The number of hydrogen-bond donors (Lipinski definition) is 1. The van der Waals surface area contributed by atoms with Gasteiger partial charge in [-0.3, -0.25) is 9.59 Å². The van der Waals surface area contributed by atoms with Crippen molar-refractivity contribution in [3.8, 4) is 0 Å². The van der Waals surface area contributed by atoms with Crippen molar-refractivity contribution >= 4 is 23.5 Å². The third kappa shape index (κ3) is 2.78. The van der Waals surface area contributed by atoms with E-state index in [1.54, 1.807) is 36.3 Å². The van der Waals surface area contributed by atoms with Crippen molar-refractivity contribution < 1.29 is 19.4 Å². The Hall–Kier alpha value is -1.59. The lowest BCUT2D eigenvalue weighted by atomic mass is 9.93. The number of nitrogens with zero attached hydrogens (tertiary/aromatic N) is 1. The van der Waals surface area contributed by atoms with Gasteiger partial charge in [0.2, 0.25) is 5.91 Å². The molecule has 0 aliphatic carbocycles. The maximum atomic E-state index is 12.1. The minimum Gasteiger partial charge on any atom is -0.481 e. The molecule has 0 aromatic heterocycles. The first-order valence-electron chi connectivity index (χ1n) is 6.32. The van der Waals surface area contributed by atoms with Crippen LogP contribution in [-0.4, -0.2) is 42.1 Å². The molecule has 1 aromatic carbocycles. The van der Waals surface area contributed by atoms with E-state index in [-0.39, 0.29) is 12.3 Å². The summed E-state index contributed by atoms with van der Waals surface area (Å²) in [6.07, 6.45) is -0.00502. The minimum atomic E-state index is -0.983. The molecule has 1 saturated heterocycles. The van der Waals surface area contributed by atoms with Crippen LogP contribution < -0.4 is 0 Å². The Kier molecular flexibility index (Phi) is 4.62. The number of methoxy groups -OCH3 is 1. The van der Waals surface area contributed by atoms with Gasteiger partial charge in [-0.15, -0.1) is 0 Å². The van der Waals surface area contributed by atoms with Crippen LogP contribution in [0, 0.1) is 5.92 Å². The molecular formula is C14H16ClNO4. The zero-order valence-electron chi connectivity index (χ0n) is 11.1. The van der Waals surface area contributed by atoms with E-state index in [9.17, 15) is 14.7 Å². The summed E-state index contributed by atoms with van der Waals surface area (Å²) >= 11 is 6.16. The second kappa shape index (κ2) is 6.24. The zero-order valence-corrected chi connectivity index (χ0v) is 11.8. The van der Waals surface area contributed by atoms with Gasteiger partial charge in [0.15, 0.2) is 0 Å². The number of amides is 1. The van der Waals surface area contributed by atoms with E-state index in [0.717, 1.165) is 0 Å². The van der Waals surface area contributed by atoms with Gasteiger partial charge in [0.25, 0.3) is 0 Å². The molecule has 2 rings (SSSR count). The van der Waals surface area contributed by atoms with Gasteiger partial charge < -0.3 is 14.7 Å². The highest BCUT2D eigenvalue weighted by Crippen LogP contribution is 2.40. The Morgan fingerprint density at radius 1 is 1.50 bits per heavy atom. The van der Waals surface area contributed by atoms with Gasteiger partial charge >= 0.3 is 5.97 Å². The van der Waals surface area contributed by atoms with Crippen molar-refractivity contribution in [1.82, 2.24) is 4.90 Å². The van der Waals surface area contributed by atoms with Crippen molar-refractivity contribution in [3.05, 3.63) is 34.9 Å². The molecule has 1 fully saturated rings. The smallest absolute Gasteiger partial charge is 0.309 e. The predicted octanol–water partition coefficient (Wildman–Crippen LogP) is 1.96. The first-order chi connectivity index (χ1) is 9.56. The Labute approximate surface area is 122 Å². The Balaban J connectivity index is 2.38. The number of ether oxygens (including phenoxy) is 1. The number of carboxylic acid groups (broad SMARTS) is 1. The highest BCUT2D eigenvalue weighted by Gasteiger charge is 2.45. The zero-order chi connectivity index (χ0) is 14.7. The van der Waals surface area contributed by atoms with Crippen LogP contribution in [0.1, 0.15) is 18.0 Å². The number of rotatable bonds is 5. The van der Waals surface area contributed by atoms with Crippen LogP contribution in [0.25, 0.3) is 0 Å². The lowest BCUT2D eigenvalue weighted by molar-refractivity contribution is -0.142. The van der Waals surface area contributed by atoms with Gasteiger partial charge in [-0.05, 0) is 11.6 Å². The summed E-state index contributed by atoms with van der Waals surface area (Å²) < 4.78 is 4.99. The molecule has 1 aliphatic rings. The standard InChI is InChI=1S/C14H16ClNO4/c1-20-7-6-16-12(17)8-10(14(18)19)13(16)9-4-2-3-5-11(9)15/h2-5,10,13H,6-8H2,1H3,(H,18,19). The van der Waals surface area contributed by atoms with E-state index < -0.39 is 17.9 Å². The molecule has 2 unspecified atom stereocenters. The molecular weight excluding hydrogens is 282 g/mol. The highest BCUT2D eigenvalue weighted by molar-refractivity contribution is 6.31. The monoisotopic (exact) mass is 297 g/mol. The van der Waals surface area contributed by atoms with Crippen LogP contribution in [0.5, 0.6) is 0 Å². The van der Waals surface area contributed by atoms with E-state index in [2.05, 4.69) is 0 Å². The molecule has 5 nitrogen and oxygen atoms in total. The summed E-state index contributed by atoms with van der Waals surface area (Å²) in [7, 11) is 1.54. The fourth-order valence-electron chi connectivity index (χ4n) is 2.56. The first-order valence-corrected chi connectivity index (χ1v) is 6.69. The predicted molar refractivity (Wildman–Crippen MR) is 73.5 cm³/mol. The molecule has 1 aliphatic heterocycles. The molecule has 0 spiro atoms. The second-order valence-corrected chi connectivity index (χ2v) is 5.10. The van der Waals surface area contributed by atoms with E-state index in [1.807, 2.05) is 0 Å². The number of halogens is 1. The SMILES string of the molecule is COCCN1C(=O)CC(C(=O)O)C1c1ccccc1Cl. The minimum absolute atomic E-state index is 0.00502. The molecule has 1 amide bonds. The largest absolute Gasteiger partial charge is 0.481 e. The second-order valence-electron chi connectivity index (χ2n) is 4.70. The van der Waals surface area contributed by atoms with Crippen LogP contribution in [0.4, 0.5) is 0 Å². The van der Waals surface area contributed by atoms with Crippen LogP contribution >= 0.6 is 11.6 Å². The van der Waals surface area contributed by atoms with Crippen molar-refractivity contribution in [3.63, 3.8) is 0 Å². The Bertz CT molecular complexity index is 520. The lowest BCUT2D eigenvalue weighted by Crippen LogP contribution is -2.33. The lowest BCUT2D eigenvalue weighted by Gasteiger charge is -2.27. The van der Waals surface area contributed by atoms with Gasteiger partial charge in [0.05, 0.1) is 18.6 Å². The summed E-state index contributed by atoms with van der Waals surface area (Å²) in [4.78, 5) is 25.0. The number of carbonyl (C=O) groups is 2. The van der Waals surface area contributed by atoms with Crippen LogP contribution in [-0.2, 0) is 14.3 Å².